The molecule has 0 saturated carbocycles. The summed E-state index contributed by atoms with van der Waals surface area (Å²) in [7, 11) is -4.65. The summed E-state index contributed by atoms with van der Waals surface area (Å²) in [6.45, 7) is 0.260. The molecule has 100 valence electrons. The number of benzene rings is 2. The van der Waals surface area contributed by atoms with Crippen molar-refractivity contribution in [1.29, 1.82) is 0 Å². The summed E-state index contributed by atoms with van der Waals surface area (Å²) in [4.78, 5) is -0.358. The molecule has 0 saturated heterocycles. The Morgan fingerprint density at radius 3 is 2.11 bits per heavy atom. The third-order valence-corrected chi connectivity index (χ3v) is 3.33. The molecular formula is C13H12FNO3S. The van der Waals surface area contributed by atoms with E-state index in [4.69, 9.17) is 10.5 Å². The number of halogens is 1. The van der Waals surface area contributed by atoms with Gasteiger partial charge in [0.25, 0.3) is 0 Å². The van der Waals surface area contributed by atoms with E-state index < -0.39 is 10.2 Å². The molecule has 19 heavy (non-hydrogen) atoms. The minimum atomic E-state index is -4.65. The lowest BCUT2D eigenvalue weighted by Crippen LogP contribution is -1.97. The number of hydrogen-bond acceptors (Lipinski definition) is 4. The molecule has 0 heterocycles. The summed E-state index contributed by atoms with van der Waals surface area (Å²) < 4.78 is 39.4. The van der Waals surface area contributed by atoms with E-state index in [9.17, 15) is 12.3 Å². The van der Waals surface area contributed by atoms with Crippen molar-refractivity contribution in [2.45, 2.75) is 11.5 Å². The molecule has 0 atom stereocenters. The standard InChI is InChI=1S/C13H12FNO3S/c14-19(16,17)13-7-1-10(2-8-13)9-18-12-5-3-11(15)4-6-12/h1-8H,9,15H2. The largest absolute Gasteiger partial charge is 0.489 e. The van der Waals surface area contributed by atoms with Crippen molar-refractivity contribution >= 4 is 15.9 Å². The fraction of sp³-hybridized carbons (Fsp3) is 0.0769. The van der Waals surface area contributed by atoms with Gasteiger partial charge in [-0.2, -0.15) is 8.42 Å². The molecule has 0 aliphatic carbocycles. The Morgan fingerprint density at radius 2 is 1.58 bits per heavy atom. The molecule has 4 nitrogen and oxygen atoms in total. The van der Waals surface area contributed by atoms with E-state index in [1.54, 1.807) is 24.3 Å². The highest BCUT2D eigenvalue weighted by atomic mass is 32.3. The van der Waals surface area contributed by atoms with Gasteiger partial charge in [-0.05, 0) is 42.0 Å². The second-order valence-corrected chi connectivity index (χ2v) is 5.29. The summed E-state index contributed by atoms with van der Waals surface area (Å²) >= 11 is 0. The second-order valence-electron chi connectivity index (χ2n) is 3.94. The zero-order chi connectivity index (χ0) is 13.9. The lowest BCUT2D eigenvalue weighted by molar-refractivity contribution is 0.306. The first-order chi connectivity index (χ1) is 8.95. The highest BCUT2D eigenvalue weighted by molar-refractivity contribution is 7.86. The predicted molar refractivity (Wildman–Crippen MR) is 69.9 cm³/mol. The van der Waals surface area contributed by atoms with Crippen LogP contribution in [0.4, 0.5) is 9.57 Å². The number of anilines is 1. The first-order valence-electron chi connectivity index (χ1n) is 5.47. The quantitative estimate of drug-likeness (QED) is 0.690. The molecule has 2 rings (SSSR count). The van der Waals surface area contributed by atoms with E-state index in [-0.39, 0.29) is 11.5 Å². The minimum absolute atomic E-state index is 0.260. The molecule has 0 aliphatic rings. The van der Waals surface area contributed by atoms with E-state index in [1.807, 2.05) is 0 Å². The van der Waals surface area contributed by atoms with Crippen LogP contribution in [0.3, 0.4) is 0 Å². The van der Waals surface area contributed by atoms with E-state index in [0.717, 1.165) is 5.56 Å². The molecule has 0 amide bonds. The molecule has 0 unspecified atom stereocenters. The molecule has 0 aromatic heterocycles. The first kappa shape index (κ1) is 13.4. The lowest BCUT2D eigenvalue weighted by atomic mass is 10.2. The summed E-state index contributed by atoms with van der Waals surface area (Å²) in [5.74, 6) is 0.649. The number of hydrogen-bond donors (Lipinski definition) is 1. The zero-order valence-corrected chi connectivity index (χ0v) is 10.7. The van der Waals surface area contributed by atoms with E-state index >= 15 is 0 Å². The predicted octanol–water partition coefficient (Wildman–Crippen LogP) is 2.51. The fourth-order valence-electron chi connectivity index (χ4n) is 1.48. The van der Waals surface area contributed by atoms with Gasteiger partial charge in [-0.25, -0.2) is 0 Å². The van der Waals surface area contributed by atoms with Gasteiger partial charge in [-0.15, -0.1) is 3.89 Å². The lowest BCUT2D eigenvalue weighted by Gasteiger charge is -2.06. The zero-order valence-electron chi connectivity index (χ0n) is 9.91. The van der Waals surface area contributed by atoms with Crippen LogP contribution >= 0.6 is 0 Å². The second kappa shape index (κ2) is 5.27. The molecule has 2 aromatic rings. The molecule has 2 N–H and O–H groups in total. The Hall–Kier alpha value is -2.08. The van der Waals surface area contributed by atoms with Crippen molar-refractivity contribution < 1.29 is 17.0 Å². The van der Waals surface area contributed by atoms with E-state index in [0.29, 0.717) is 11.4 Å². The number of rotatable bonds is 4. The Bertz CT molecular complexity index is 651. The van der Waals surface area contributed by atoms with Gasteiger partial charge >= 0.3 is 10.2 Å². The topological polar surface area (TPSA) is 69.4 Å². The Kier molecular flexibility index (Phi) is 3.71. The van der Waals surface area contributed by atoms with Crippen molar-refractivity contribution in [3.8, 4) is 5.75 Å². The average Bonchev–Trinajstić information content (AvgIpc) is 2.37. The minimum Gasteiger partial charge on any atom is -0.489 e. The molecule has 0 aliphatic heterocycles. The Labute approximate surface area is 110 Å². The number of nitrogens with two attached hydrogens (primary N) is 1. The highest BCUT2D eigenvalue weighted by Crippen LogP contribution is 2.17. The molecule has 0 bridgehead atoms. The van der Waals surface area contributed by atoms with Crippen molar-refractivity contribution in [2.75, 3.05) is 5.73 Å². The van der Waals surface area contributed by atoms with Gasteiger partial charge in [-0.1, -0.05) is 12.1 Å². The monoisotopic (exact) mass is 281 g/mol. The summed E-state index contributed by atoms with van der Waals surface area (Å²) in [6.07, 6.45) is 0. The maximum Gasteiger partial charge on any atom is 0.332 e. The molecule has 2 aromatic carbocycles. The summed E-state index contributed by atoms with van der Waals surface area (Å²) in [5.41, 5.74) is 6.93. The van der Waals surface area contributed by atoms with Crippen LogP contribution in [0.2, 0.25) is 0 Å². The Balaban J connectivity index is 2.02. The highest BCUT2D eigenvalue weighted by Gasteiger charge is 2.10. The van der Waals surface area contributed by atoms with Gasteiger partial charge in [0.15, 0.2) is 0 Å². The van der Waals surface area contributed by atoms with Crippen molar-refractivity contribution in [3.05, 3.63) is 54.1 Å². The van der Waals surface area contributed by atoms with Crippen molar-refractivity contribution in [2.24, 2.45) is 0 Å². The van der Waals surface area contributed by atoms with Crippen molar-refractivity contribution in [1.82, 2.24) is 0 Å². The van der Waals surface area contributed by atoms with E-state index in [1.165, 1.54) is 24.3 Å². The van der Waals surface area contributed by atoms with Gasteiger partial charge in [-0.3, -0.25) is 0 Å². The Morgan fingerprint density at radius 1 is 1.00 bits per heavy atom. The van der Waals surface area contributed by atoms with Gasteiger partial charge in [0.2, 0.25) is 0 Å². The van der Waals surface area contributed by atoms with Crippen LogP contribution in [0.25, 0.3) is 0 Å². The maximum atomic E-state index is 12.7. The van der Waals surface area contributed by atoms with Crippen LogP contribution in [0.5, 0.6) is 5.75 Å². The third kappa shape index (κ3) is 3.69. The SMILES string of the molecule is Nc1ccc(OCc2ccc(S(=O)(=O)F)cc2)cc1. The van der Waals surface area contributed by atoms with Gasteiger partial charge in [0.1, 0.15) is 12.4 Å². The maximum absolute atomic E-state index is 12.7. The summed E-state index contributed by atoms with van der Waals surface area (Å²) in [6, 6.07) is 12.3. The van der Waals surface area contributed by atoms with Gasteiger partial charge in [0, 0.05) is 5.69 Å². The average molecular weight is 281 g/mol. The van der Waals surface area contributed by atoms with Crippen LogP contribution < -0.4 is 10.5 Å². The van der Waals surface area contributed by atoms with Gasteiger partial charge in [0.05, 0.1) is 4.90 Å². The molecule has 0 radical (unpaired) electrons. The first-order valence-corrected chi connectivity index (χ1v) is 6.85. The number of nitrogen functional groups attached to an aromatic ring is 1. The molecular weight excluding hydrogens is 269 g/mol. The van der Waals surface area contributed by atoms with Crippen LogP contribution in [0, 0.1) is 0 Å². The summed E-state index contributed by atoms with van der Waals surface area (Å²) in [5, 5.41) is 0. The van der Waals surface area contributed by atoms with Crippen LogP contribution in [-0.4, -0.2) is 8.42 Å². The van der Waals surface area contributed by atoms with Crippen molar-refractivity contribution in [3.63, 3.8) is 0 Å². The van der Waals surface area contributed by atoms with E-state index in [2.05, 4.69) is 0 Å². The molecule has 0 fully saturated rings. The smallest absolute Gasteiger partial charge is 0.332 e. The van der Waals surface area contributed by atoms with Gasteiger partial charge < -0.3 is 10.5 Å². The third-order valence-electron chi connectivity index (χ3n) is 2.49. The molecule has 6 heteroatoms. The molecule has 0 spiro atoms. The number of ether oxygens (including phenoxy) is 1. The van der Waals surface area contributed by atoms with Crippen LogP contribution in [0.1, 0.15) is 5.56 Å². The van der Waals surface area contributed by atoms with Crippen LogP contribution in [0.15, 0.2) is 53.4 Å². The van der Waals surface area contributed by atoms with Crippen LogP contribution in [-0.2, 0) is 16.8 Å². The normalized spacial score (nSPS) is 11.2. The fourth-order valence-corrected chi connectivity index (χ4v) is 1.94.